The predicted octanol–water partition coefficient (Wildman–Crippen LogP) is 1.88. The quantitative estimate of drug-likeness (QED) is 0.773. The molecule has 22 heavy (non-hydrogen) atoms. The van der Waals surface area contributed by atoms with E-state index in [1.807, 2.05) is 36.4 Å². The lowest BCUT2D eigenvalue weighted by Gasteiger charge is -1.94. The Bertz CT molecular complexity index is 953. The van der Waals surface area contributed by atoms with Gasteiger partial charge >= 0.3 is 0 Å². The first-order valence-electron chi connectivity index (χ1n) is 6.23. The van der Waals surface area contributed by atoms with Crippen LogP contribution in [0.25, 0.3) is 11.6 Å². The van der Waals surface area contributed by atoms with E-state index in [-0.39, 0.29) is 17.7 Å². The zero-order chi connectivity index (χ0) is 16.1. The summed E-state index contributed by atoms with van der Waals surface area (Å²) in [6, 6.07) is 11.2. The Morgan fingerprint density at radius 1 is 1.32 bits per heavy atom. The average molecular weight is 372 g/mol. The molecule has 4 nitrogen and oxygen atoms in total. The predicted molar refractivity (Wildman–Crippen MR) is 90.4 cm³/mol. The van der Waals surface area contributed by atoms with Crippen LogP contribution < -0.4 is 14.8 Å². The molecule has 0 aliphatic carbocycles. The summed E-state index contributed by atoms with van der Waals surface area (Å²) in [4.78, 5) is 12.4. The third-order valence-corrected chi connectivity index (χ3v) is 4.48. The van der Waals surface area contributed by atoms with Gasteiger partial charge in [-0.3, -0.25) is 9.36 Å². The number of nitriles is 2. The SMILES string of the molecule is C=CCn1c(=C(C#N)C#N)s/c(=C\c2ccc(Br)cc2)c1=O. The minimum Gasteiger partial charge on any atom is -0.293 e. The minimum absolute atomic E-state index is 0.0700. The van der Waals surface area contributed by atoms with Gasteiger partial charge in [0.1, 0.15) is 16.8 Å². The van der Waals surface area contributed by atoms with Crippen LogP contribution >= 0.6 is 27.3 Å². The first kappa shape index (κ1) is 16.0. The number of halogens is 1. The molecule has 0 atom stereocenters. The van der Waals surface area contributed by atoms with Gasteiger partial charge in [-0.1, -0.05) is 34.1 Å². The summed E-state index contributed by atoms with van der Waals surface area (Å²) in [6.45, 7) is 3.86. The van der Waals surface area contributed by atoms with Crippen molar-refractivity contribution in [3.63, 3.8) is 0 Å². The van der Waals surface area contributed by atoms with Gasteiger partial charge in [0.05, 0.1) is 4.53 Å². The smallest absolute Gasteiger partial charge is 0.269 e. The van der Waals surface area contributed by atoms with Crippen molar-refractivity contribution in [2.75, 3.05) is 0 Å². The van der Waals surface area contributed by atoms with Gasteiger partial charge in [-0.25, -0.2) is 0 Å². The highest BCUT2D eigenvalue weighted by atomic mass is 79.9. The first-order valence-corrected chi connectivity index (χ1v) is 7.84. The second-order valence-electron chi connectivity index (χ2n) is 4.27. The number of benzene rings is 1. The summed E-state index contributed by atoms with van der Waals surface area (Å²) in [5.74, 6) is 0. The van der Waals surface area contributed by atoms with Crippen LogP contribution in [-0.2, 0) is 6.54 Å². The van der Waals surface area contributed by atoms with Crippen molar-refractivity contribution in [3.05, 3.63) is 66.5 Å². The number of rotatable bonds is 3. The highest BCUT2D eigenvalue weighted by molar-refractivity contribution is 9.10. The average Bonchev–Trinajstić information content (AvgIpc) is 2.81. The second kappa shape index (κ2) is 7.04. The van der Waals surface area contributed by atoms with E-state index in [2.05, 4.69) is 22.5 Å². The topological polar surface area (TPSA) is 69.6 Å². The Labute approximate surface area is 139 Å². The van der Waals surface area contributed by atoms with Crippen molar-refractivity contribution in [1.29, 1.82) is 10.5 Å². The highest BCUT2D eigenvalue weighted by Gasteiger charge is 2.07. The fraction of sp³-hybridized carbons (Fsp3) is 0.0625. The molecule has 0 saturated carbocycles. The summed E-state index contributed by atoms with van der Waals surface area (Å²) < 4.78 is 3.18. The fourth-order valence-electron chi connectivity index (χ4n) is 1.83. The molecule has 0 unspecified atom stereocenters. The molecule has 108 valence electrons. The third kappa shape index (κ3) is 3.25. The van der Waals surface area contributed by atoms with Crippen LogP contribution in [0.1, 0.15) is 5.56 Å². The zero-order valence-electron chi connectivity index (χ0n) is 11.4. The molecule has 0 saturated heterocycles. The van der Waals surface area contributed by atoms with Gasteiger partial charge in [0, 0.05) is 11.0 Å². The van der Waals surface area contributed by atoms with E-state index >= 15 is 0 Å². The largest absolute Gasteiger partial charge is 0.293 e. The summed E-state index contributed by atoms with van der Waals surface area (Å²) in [5.41, 5.74) is 0.569. The molecular formula is C16H10BrN3OS. The van der Waals surface area contributed by atoms with E-state index < -0.39 is 0 Å². The van der Waals surface area contributed by atoms with E-state index in [0.29, 0.717) is 9.20 Å². The van der Waals surface area contributed by atoms with Crippen molar-refractivity contribution in [1.82, 2.24) is 4.57 Å². The van der Waals surface area contributed by atoms with Crippen molar-refractivity contribution < 1.29 is 0 Å². The number of thiazole rings is 1. The maximum Gasteiger partial charge on any atom is 0.269 e. The Hall–Kier alpha value is -2.41. The standard InChI is InChI=1S/C16H10BrN3OS/c1-2-7-20-15(21)14(22-16(20)12(9-18)10-19)8-11-3-5-13(17)6-4-11/h2-6,8H,1,7H2/b14-8-. The lowest BCUT2D eigenvalue weighted by Crippen LogP contribution is -2.31. The second-order valence-corrected chi connectivity index (χ2v) is 6.22. The molecule has 0 amide bonds. The van der Waals surface area contributed by atoms with E-state index in [1.54, 1.807) is 12.2 Å². The van der Waals surface area contributed by atoms with E-state index in [0.717, 1.165) is 21.4 Å². The molecule has 2 aromatic rings. The summed E-state index contributed by atoms with van der Waals surface area (Å²) in [7, 11) is 0. The van der Waals surface area contributed by atoms with Crippen LogP contribution in [0.3, 0.4) is 0 Å². The number of hydrogen-bond acceptors (Lipinski definition) is 4. The van der Waals surface area contributed by atoms with E-state index in [9.17, 15) is 4.79 Å². The molecule has 0 aliphatic heterocycles. The molecule has 6 heteroatoms. The normalized spacial score (nSPS) is 10.8. The van der Waals surface area contributed by atoms with Gasteiger partial charge in [0.25, 0.3) is 5.56 Å². The zero-order valence-corrected chi connectivity index (χ0v) is 13.8. The summed E-state index contributed by atoms with van der Waals surface area (Å²) >= 11 is 4.49. The number of hydrogen-bond donors (Lipinski definition) is 0. The van der Waals surface area contributed by atoms with Crippen LogP contribution in [0.5, 0.6) is 0 Å². The van der Waals surface area contributed by atoms with Gasteiger partial charge in [0.2, 0.25) is 0 Å². The van der Waals surface area contributed by atoms with Crippen LogP contribution in [0, 0.1) is 22.7 Å². The third-order valence-electron chi connectivity index (χ3n) is 2.82. The summed E-state index contributed by atoms with van der Waals surface area (Å²) in [6.07, 6.45) is 3.31. The molecule has 1 aromatic carbocycles. The molecule has 0 N–H and O–H groups in total. The number of aromatic nitrogens is 1. The molecular weight excluding hydrogens is 362 g/mol. The molecule has 1 aromatic heterocycles. The maximum absolute atomic E-state index is 12.4. The Kier molecular flexibility index (Phi) is 5.11. The van der Waals surface area contributed by atoms with Crippen molar-refractivity contribution >= 4 is 38.9 Å². The molecule has 2 rings (SSSR count). The van der Waals surface area contributed by atoms with Gasteiger partial charge in [-0.15, -0.1) is 17.9 Å². The molecule has 0 radical (unpaired) electrons. The molecule has 0 spiro atoms. The van der Waals surface area contributed by atoms with Crippen LogP contribution in [0.2, 0.25) is 0 Å². The van der Waals surface area contributed by atoms with Gasteiger partial charge in [-0.05, 0) is 23.8 Å². The Balaban J connectivity index is 2.78. The fourth-order valence-corrected chi connectivity index (χ4v) is 3.16. The number of allylic oxidation sites excluding steroid dienone is 1. The van der Waals surface area contributed by atoms with Crippen LogP contribution in [0.4, 0.5) is 0 Å². The Morgan fingerprint density at radius 3 is 2.50 bits per heavy atom. The number of nitrogens with zero attached hydrogens (tertiary/aromatic N) is 3. The van der Waals surface area contributed by atoms with Crippen molar-refractivity contribution in [2.24, 2.45) is 0 Å². The van der Waals surface area contributed by atoms with E-state index in [1.165, 1.54) is 4.57 Å². The maximum atomic E-state index is 12.4. The monoisotopic (exact) mass is 371 g/mol. The van der Waals surface area contributed by atoms with E-state index in [4.69, 9.17) is 10.5 Å². The summed E-state index contributed by atoms with van der Waals surface area (Å²) in [5, 5.41) is 18.1. The highest BCUT2D eigenvalue weighted by Crippen LogP contribution is 2.10. The minimum atomic E-state index is -0.231. The van der Waals surface area contributed by atoms with Crippen LogP contribution in [-0.4, -0.2) is 4.57 Å². The lowest BCUT2D eigenvalue weighted by atomic mass is 10.2. The van der Waals surface area contributed by atoms with Gasteiger partial charge in [0.15, 0.2) is 5.57 Å². The van der Waals surface area contributed by atoms with Gasteiger partial charge < -0.3 is 0 Å². The molecule has 0 fully saturated rings. The van der Waals surface area contributed by atoms with Crippen molar-refractivity contribution in [2.45, 2.75) is 6.54 Å². The van der Waals surface area contributed by atoms with Crippen LogP contribution in [0.15, 0.2) is 46.2 Å². The molecule has 1 heterocycles. The first-order chi connectivity index (χ1) is 10.6. The van der Waals surface area contributed by atoms with Gasteiger partial charge in [-0.2, -0.15) is 10.5 Å². The van der Waals surface area contributed by atoms with Crippen molar-refractivity contribution in [3.8, 4) is 12.1 Å². The molecule has 0 aliphatic rings. The Morgan fingerprint density at radius 2 is 1.95 bits per heavy atom. The lowest BCUT2D eigenvalue weighted by molar-refractivity contribution is 0.775. The molecule has 0 bridgehead atoms.